The summed E-state index contributed by atoms with van der Waals surface area (Å²) in [5.41, 5.74) is 2.70. The maximum absolute atomic E-state index is 12.0. The highest BCUT2D eigenvalue weighted by atomic mass is 127. The second kappa shape index (κ2) is 7.48. The highest BCUT2D eigenvalue weighted by Gasteiger charge is 2.29. The topological polar surface area (TPSA) is 70.2 Å². The molecule has 3 heterocycles. The SMILES string of the molecule is O=C1NC(=O)c2cc(NC3C=IC=CC3)c(NC3C=IC=CC3)cc21. The summed E-state index contributed by atoms with van der Waals surface area (Å²) in [7, 11) is 0. The molecule has 3 aliphatic rings. The molecule has 3 N–H and O–H groups in total. The smallest absolute Gasteiger partial charge is 0.259 e. The summed E-state index contributed by atoms with van der Waals surface area (Å²) in [6.45, 7) is 0. The van der Waals surface area contributed by atoms with Gasteiger partial charge in [0.05, 0.1) is 34.6 Å². The van der Waals surface area contributed by atoms with Crippen molar-refractivity contribution >= 4 is 72.7 Å². The van der Waals surface area contributed by atoms with Crippen molar-refractivity contribution < 1.29 is 9.59 Å². The first-order valence-electron chi connectivity index (χ1n) is 7.98. The fourth-order valence-corrected chi connectivity index (χ4v) is 6.50. The van der Waals surface area contributed by atoms with E-state index in [0.717, 1.165) is 24.2 Å². The summed E-state index contributed by atoms with van der Waals surface area (Å²) in [6, 6.07) is 4.19. The predicted molar refractivity (Wildman–Crippen MR) is 121 cm³/mol. The second-order valence-corrected chi connectivity index (χ2v) is 10.2. The standard InChI is InChI=1S/C18H17I2N3O2/c24-17-13-7-15(21-11-3-1-5-19-9-11)16(8-14(13)18(25)23-17)22-12-4-2-6-20-10-12/h1-2,5-12,21-22H,3-4H2,(H,23,24,25). The number of anilines is 2. The van der Waals surface area contributed by atoms with E-state index in [9.17, 15) is 9.59 Å². The molecule has 5 nitrogen and oxygen atoms in total. The van der Waals surface area contributed by atoms with Crippen molar-refractivity contribution in [3.63, 3.8) is 0 Å². The van der Waals surface area contributed by atoms with E-state index in [-0.39, 0.29) is 65.4 Å². The molecule has 0 bridgehead atoms. The maximum Gasteiger partial charge on any atom is 0.259 e. The third-order valence-electron chi connectivity index (χ3n) is 4.11. The summed E-state index contributed by atoms with van der Waals surface area (Å²) in [4.78, 5) is 24.0. The molecule has 7 heteroatoms. The zero-order valence-corrected chi connectivity index (χ0v) is 17.6. The number of hydrogen-bond donors (Lipinski definition) is 3. The lowest BCUT2D eigenvalue weighted by Gasteiger charge is -2.23. The molecule has 4 rings (SSSR count). The van der Waals surface area contributed by atoms with Crippen LogP contribution in [0, 0.1) is 0 Å². The lowest BCUT2D eigenvalue weighted by atomic mass is 10.0. The summed E-state index contributed by atoms with van der Waals surface area (Å²) < 4.78 is 9.19. The van der Waals surface area contributed by atoms with Crippen LogP contribution in [0.3, 0.4) is 0 Å². The van der Waals surface area contributed by atoms with Crippen LogP contribution in [0.15, 0.2) is 32.5 Å². The van der Waals surface area contributed by atoms with Gasteiger partial charge in [-0.3, -0.25) is 14.9 Å². The maximum atomic E-state index is 12.0. The zero-order chi connectivity index (χ0) is 17.2. The fourth-order valence-electron chi connectivity index (χ4n) is 2.89. The Hall–Kier alpha value is -1.36. The molecular weight excluding hydrogens is 544 g/mol. The van der Waals surface area contributed by atoms with Gasteiger partial charge in [-0.25, -0.2) is 0 Å². The van der Waals surface area contributed by atoms with Crippen LogP contribution < -0.4 is 16.0 Å². The Labute approximate surface area is 165 Å². The van der Waals surface area contributed by atoms with Crippen molar-refractivity contribution in [1.29, 1.82) is 0 Å². The molecule has 0 spiro atoms. The number of halogens is 2. The number of rotatable bonds is 4. The number of nitrogens with one attached hydrogen (secondary N) is 3. The number of carbonyl (C=O) groups excluding carboxylic acids is 2. The average molecular weight is 561 g/mol. The minimum Gasteiger partial charge on any atom is -0.376 e. The molecule has 2 amide bonds. The molecule has 1 aromatic rings. The lowest BCUT2D eigenvalue weighted by molar-refractivity contribution is 0.0879. The first kappa shape index (κ1) is 17.1. The number of amides is 2. The monoisotopic (exact) mass is 561 g/mol. The summed E-state index contributed by atoms with van der Waals surface area (Å²) >= 11 is -0.0119. The van der Waals surface area contributed by atoms with E-state index in [2.05, 4.69) is 44.3 Å². The molecule has 1 aromatic carbocycles. The zero-order valence-electron chi connectivity index (χ0n) is 13.3. The third-order valence-corrected chi connectivity index (χ3v) is 8.52. The van der Waals surface area contributed by atoms with Crippen molar-refractivity contribution in [2.45, 2.75) is 24.9 Å². The quantitative estimate of drug-likeness (QED) is 0.389. The van der Waals surface area contributed by atoms with E-state index >= 15 is 0 Å². The van der Waals surface area contributed by atoms with Gasteiger partial charge in [-0.15, -0.1) is 0 Å². The van der Waals surface area contributed by atoms with E-state index in [1.165, 1.54) is 0 Å². The van der Waals surface area contributed by atoms with Gasteiger partial charge in [0.25, 0.3) is 11.8 Å². The van der Waals surface area contributed by atoms with Crippen molar-refractivity contribution in [2.75, 3.05) is 10.6 Å². The largest absolute Gasteiger partial charge is 0.376 e. The van der Waals surface area contributed by atoms with Gasteiger partial charge in [0.2, 0.25) is 0 Å². The van der Waals surface area contributed by atoms with E-state index in [1.807, 2.05) is 12.1 Å². The van der Waals surface area contributed by atoms with Gasteiger partial charge in [0, 0.05) is 0 Å². The predicted octanol–water partition coefficient (Wildman–Crippen LogP) is 3.51. The van der Waals surface area contributed by atoms with E-state index in [1.54, 1.807) is 0 Å². The lowest BCUT2D eigenvalue weighted by Crippen LogP contribution is -2.25. The molecule has 0 saturated carbocycles. The van der Waals surface area contributed by atoms with Crippen LogP contribution in [-0.2, 0) is 0 Å². The summed E-state index contributed by atoms with van der Waals surface area (Å²) in [5, 5.41) is 9.48. The van der Waals surface area contributed by atoms with E-state index in [4.69, 9.17) is 0 Å². The third kappa shape index (κ3) is 3.76. The van der Waals surface area contributed by atoms with Crippen molar-refractivity contribution in [2.24, 2.45) is 0 Å². The van der Waals surface area contributed by atoms with Crippen molar-refractivity contribution in [3.05, 3.63) is 43.6 Å². The highest BCUT2D eigenvalue weighted by molar-refractivity contribution is 14.2. The van der Waals surface area contributed by atoms with Gasteiger partial charge < -0.3 is 10.6 Å². The minimum absolute atomic E-state index is 0.00593. The van der Waals surface area contributed by atoms with Crippen LogP contribution in [0.25, 0.3) is 0 Å². The molecule has 2 atom stereocenters. The van der Waals surface area contributed by atoms with E-state index in [0.29, 0.717) is 11.1 Å². The van der Waals surface area contributed by atoms with Gasteiger partial charge in [-0.05, 0) is 41.2 Å². The Balaban J connectivity index is 1.67. The Morgan fingerprint density at radius 2 is 1.32 bits per heavy atom. The molecule has 0 aliphatic carbocycles. The van der Waals surface area contributed by atoms with Crippen LogP contribution in [0.5, 0.6) is 0 Å². The van der Waals surface area contributed by atoms with Gasteiger partial charge in [-0.1, -0.05) is 53.6 Å². The number of carbonyl (C=O) groups is 2. The summed E-state index contributed by atoms with van der Waals surface area (Å²) in [5.74, 6) is -0.625. The molecule has 0 aromatic heterocycles. The van der Waals surface area contributed by atoms with Crippen molar-refractivity contribution in [3.8, 4) is 0 Å². The Morgan fingerprint density at radius 1 is 0.840 bits per heavy atom. The fraction of sp³-hybridized carbons (Fsp3) is 0.222. The molecule has 2 unspecified atom stereocenters. The van der Waals surface area contributed by atoms with Crippen LogP contribution in [0.4, 0.5) is 11.4 Å². The first-order chi connectivity index (χ1) is 12.2. The van der Waals surface area contributed by atoms with Crippen LogP contribution in [0.1, 0.15) is 33.6 Å². The number of benzene rings is 1. The normalized spacial score (nSPS) is 24.2. The number of fused-ring (bicyclic) bond motifs is 1. The van der Waals surface area contributed by atoms with Crippen LogP contribution in [-0.4, -0.2) is 31.9 Å². The second-order valence-electron chi connectivity index (χ2n) is 5.93. The molecule has 0 radical (unpaired) electrons. The van der Waals surface area contributed by atoms with Gasteiger partial charge >= 0.3 is 0 Å². The minimum atomic E-state index is -0.312. The Kier molecular flexibility index (Phi) is 5.11. The van der Waals surface area contributed by atoms with Gasteiger partial charge in [-0.2, -0.15) is 0 Å². The molecular formula is C18H17I2N3O2. The van der Waals surface area contributed by atoms with Gasteiger partial charge in [0.1, 0.15) is 0 Å². The van der Waals surface area contributed by atoms with Crippen LogP contribution >= 0.6 is 41.5 Å². The average Bonchev–Trinajstić information content (AvgIpc) is 2.90. The Morgan fingerprint density at radius 3 is 1.72 bits per heavy atom. The summed E-state index contributed by atoms with van der Waals surface area (Å²) in [6.07, 6.45) is 6.33. The molecule has 25 heavy (non-hydrogen) atoms. The highest BCUT2D eigenvalue weighted by Crippen LogP contribution is 2.31. The Bertz CT molecular complexity index is 789. The molecule has 3 aliphatic heterocycles. The molecule has 0 saturated heterocycles. The van der Waals surface area contributed by atoms with E-state index < -0.39 is 0 Å². The number of imide groups is 1. The first-order valence-corrected chi connectivity index (χ1v) is 13.0. The van der Waals surface area contributed by atoms with Gasteiger partial charge in [0.15, 0.2) is 0 Å². The van der Waals surface area contributed by atoms with Crippen molar-refractivity contribution in [1.82, 2.24) is 5.32 Å². The van der Waals surface area contributed by atoms with Crippen LogP contribution in [0.2, 0.25) is 0 Å². The molecule has 0 fully saturated rings. The number of hydrogen-bond acceptors (Lipinski definition) is 4. The molecule has 130 valence electrons.